The number of nitrogens with zero attached hydrogens (tertiary/aromatic N) is 1. The lowest BCUT2D eigenvalue weighted by Crippen LogP contribution is -2.42. The molecule has 27 heavy (non-hydrogen) atoms. The van der Waals surface area contributed by atoms with Gasteiger partial charge in [0.05, 0.1) is 4.92 Å². The quantitative estimate of drug-likeness (QED) is 0.342. The maximum absolute atomic E-state index is 11.2. The fourth-order valence-corrected chi connectivity index (χ4v) is 2.98. The van der Waals surface area contributed by atoms with Crippen molar-refractivity contribution < 1.29 is 23.9 Å². The highest BCUT2D eigenvalue weighted by atomic mass is 16.6. The van der Waals surface area contributed by atoms with E-state index in [0.29, 0.717) is 18.1 Å². The van der Waals surface area contributed by atoms with Crippen molar-refractivity contribution in [1.82, 2.24) is 0 Å². The van der Waals surface area contributed by atoms with Gasteiger partial charge in [0.25, 0.3) is 5.69 Å². The summed E-state index contributed by atoms with van der Waals surface area (Å²) in [7, 11) is 0. The van der Waals surface area contributed by atoms with Crippen molar-refractivity contribution in [2.45, 2.75) is 39.2 Å². The Hall–Kier alpha value is -3.09. The molecule has 0 aromatic heterocycles. The summed E-state index contributed by atoms with van der Waals surface area (Å²) >= 11 is 0. The van der Waals surface area contributed by atoms with Gasteiger partial charge in [0.1, 0.15) is 29.5 Å². The molecule has 1 aliphatic rings. The molecular formula is C20H21NO6. The minimum absolute atomic E-state index is 0.0236. The van der Waals surface area contributed by atoms with Crippen LogP contribution in [0.1, 0.15) is 31.4 Å². The first-order valence-corrected chi connectivity index (χ1v) is 8.64. The first kappa shape index (κ1) is 18.7. The highest BCUT2D eigenvalue weighted by Crippen LogP contribution is 2.37. The number of fused-ring (bicyclic) bond motifs is 1. The van der Waals surface area contributed by atoms with E-state index in [1.54, 1.807) is 12.1 Å². The van der Waals surface area contributed by atoms with E-state index in [9.17, 15) is 14.9 Å². The molecule has 1 aliphatic heterocycles. The summed E-state index contributed by atoms with van der Waals surface area (Å²) in [6.45, 7) is 5.52. The summed E-state index contributed by atoms with van der Waals surface area (Å²) in [5, 5.41) is 10.7. The van der Waals surface area contributed by atoms with E-state index < -0.39 is 10.5 Å². The number of rotatable bonds is 5. The molecule has 1 unspecified atom stereocenters. The van der Waals surface area contributed by atoms with Crippen LogP contribution in [-0.2, 0) is 11.2 Å². The number of nitro groups is 1. The van der Waals surface area contributed by atoms with Gasteiger partial charge in [-0.25, -0.2) is 0 Å². The molecule has 1 heterocycles. The van der Waals surface area contributed by atoms with E-state index in [1.165, 1.54) is 19.1 Å². The van der Waals surface area contributed by atoms with Gasteiger partial charge in [0, 0.05) is 19.1 Å². The molecule has 0 saturated carbocycles. The van der Waals surface area contributed by atoms with Gasteiger partial charge in [-0.05, 0) is 62.1 Å². The van der Waals surface area contributed by atoms with Crippen LogP contribution in [0.3, 0.4) is 0 Å². The average molecular weight is 371 g/mol. The van der Waals surface area contributed by atoms with Crippen molar-refractivity contribution in [3.05, 3.63) is 57.6 Å². The van der Waals surface area contributed by atoms with Gasteiger partial charge in [-0.2, -0.15) is 0 Å². The number of esters is 1. The predicted octanol–water partition coefficient (Wildman–Crippen LogP) is 3.99. The number of ether oxygens (including phenoxy) is 3. The van der Waals surface area contributed by atoms with Crippen LogP contribution < -0.4 is 14.2 Å². The number of nitro benzene ring substituents is 1. The summed E-state index contributed by atoms with van der Waals surface area (Å²) in [5.74, 6) is 1.51. The van der Waals surface area contributed by atoms with Crippen molar-refractivity contribution in [1.29, 1.82) is 0 Å². The molecule has 0 aliphatic carbocycles. The minimum Gasteiger partial charge on any atom is -0.489 e. The lowest BCUT2D eigenvalue weighted by atomic mass is 9.92. The zero-order valence-electron chi connectivity index (χ0n) is 15.5. The molecule has 1 atom stereocenters. The van der Waals surface area contributed by atoms with Crippen LogP contribution in [0, 0.1) is 17.0 Å². The van der Waals surface area contributed by atoms with Gasteiger partial charge in [-0.1, -0.05) is 0 Å². The summed E-state index contributed by atoms with van der Waals surface area (Å²) < 4.78 is 17.2. The summed E-state index contributed by atoms with van der Waals surface area (Å²) in [6.07, 6.45) is 1.50. The Morgan fingerprint density at radius 3 is 2.63 bits per heavy atom. The minimum atomic E-state index is -0.524. The Labute approximate surface area is 157 Å². The fourth-order valence-electron chi connectivity index (χ4n) is 2.98. The predicted molar refractivity (Wildman–Crippen MR) is 98.4 cm³/mol. The molecule has 7 nitrogen and oxygen atoms in total. The first-order valence-electron chi connectivity index (χ1n) is 8.64. The number of hydrogen-bond acceptors (Lipinski definition) is 6. The van der Waals surface area contributed by atoms with Crippen LogP contribution in [0.25, 0.3) is 0 Å². The third-order valence-electron chi connectivity index (χ3n) is 4.48. The highest BCUT2D eigenvalue weighted by Gasteiger charge is 2.33. The molecule has 0 N–H and O–H groups in total. The zero-order valence-corrected chi connectivity index (χ0v) is 15.5. The Balaban J connectivity index is 1.69. The van der Waals surface area contributed by atoms with E-state index in [0.717, 1.165) is 29.7 Å². The Kier molecular flexibility index (Phi) is 5.03. The number of benzene rings is 2. The van der Waals surface area contributed by atoms with Gasteiger partial charge >= 0.3 is 5.97 Å². The molecular weight excluding hydrogens is 350 g/mol. The molecule has 142 valence electrons. The molecule has 0 fully saturated rings. The van der Waals surface area contributed by atoms with E-state index in [4.69, 9.17) is 14.2 Å². The molecule has 0 radical (unpaired) electrons. The lowest BCUT2D eigenvalue weighted by molar-refractivity contribution is -0.384. The molecule has 2 aromatic carbocycles. The van der Waals surface area contributed by atoms with Crippen LogP contribution in [-0.4, -0.2) is 23.1 Å². The van der Waals surface area contributed by atoms with Crippen LogP contribution in [0.5, 0.6) is 17.2 Å². The monoisotopic (exact) mass is 371 g/mol. The topological polar surface area (TPSA) is 87.9 Å². The molecule has 0 saturated heterocycles. The van der Waals surface area contributed by atoms with Crippen LogP contribution >= 0.6 is 0 Å². The third-order valence-corrected chi connectivity index (χ3v) is 4.48. The molecule has 2 aromatic rings. The number of non-ortho nitro benzene ring substituents is 1. The second kappa shape index (κ2) is 7.26. The molecule has 0 spiro atoms. The molecule has 0 amide bonds. The number of carbonyl (C=O) groups excluding carboxylic acids is 1. The lowest BCUT2D eigenvalue weighted by Gasteiger charge is -2.36. The van der Waals surface area contributed by atoms with Gasteiger partial charge in [0.15, 0.2) is 0 Å². The first-order chi connectivity index (χ1) is 12.8. The normalized spacial score (nSPS) is 18.2. The molecule has 7 heteroatoms. The van der Waals surface area contributed by atoms with Crippen LogP contribution in [0.15, 0.2) is 36.4 Å². The average Bonchev–Trinajstić information content (AvgIpc) is 2.61. The van der Waals surface area contributed by atoms with E-state index in [-0.39, 0.29) is 11.7 Å². The second-order valence-corrected chi connectivity index (χ2v) is 6.91. The van der Waals surface area contributed by atoms with E-state index in [1.807, 2.05) is 26.0 Å². The van der Waals surface area contributed by atoms with Crippen molar-refractivity contribution in [3.63, 3.8) is 0 Å². The second-order valence-electron chi connectivity index (χ2n) is 6.91. The molecule has 0 bridgehead atoms. The van der Waals surface area contributed by atoms with E-state index in [2.05, 4.69) is 0 Å². The van der Waals surface area contributed by atoms with Crippen LogP contribution in [0.2, 0.25) is 0 Å². The van der Waals surface area contributed by atoms with Gasteiger partial charge in [-0.3, -0.25) is 14.9 Å². The van der Waals surface area contributed by atoms with Crippen molar-refractivity contribution >= 4 is 11.7 Å². The summed E-state index contributed by atoms with van der Waals surface area (Å²) in [4.78, 5) is 21.5. The van der Waals surface area contributed by atoms with Gasteiger partial charge in [-0.15, -0.1) is 0 Å². The van der Waals surface area contributed by atoms with Gasteiger partial charge < -0.3 is 14.2 Å². The number of hydrogen-bond donors (Lipinski definition) is 0. The largest absolute Gasteiger partial charge is 0.489 e. The SMILES string of the molecule is CC(=O)Oc1cc2c(cc1C)OC(C)(COc1ccc([N+](=O)[O-])cc1)CC2. The maximum Gasteiger partial charge on any atom is 0.308 e. The Morgan fingerprint density at radius 1 is 1.30 bits per heavy atom. The smallest absolute Gasteiger partial charge is 0.308 e. The van der Waals surface area contributed by atoms with Crippen molar-refractivity contribution in [2.75, 3.05) is 6.61 Å². The Morgan fingerprint density at radius 2 is 2.00 bits per heavy atom. The number of carbonyl (C=O) groups is 1. The van der Waals surface area contributed by atoms with E-state index >= 15 is 0 Å². The van der Waals surface area contributed by atoms with Crippen LogP contribution in [0.4, 0.5) is 5.69 Å². The van der Waals surface area contributed by atoms with Gasteiger partial charge in [0.2, 0.25) is 0 Å². The molecule has 3 rings (SSSR count). The fraction of sp³-hybridized carbons (Fsp3) is 0.350. The number of aryl methyl sites for hydroxylation is 2. The summed E-state index contributed by atoms with van der Waals surface area (Å²) in [6, 6.07) is 9.70. The maximum atomic E-state index is 11.2. The Bertz CT molecular complexity index is 877. The zero-order chi connectivity index (χ0) is 19.6. The summed E-state index contributed by atoms with van der Waals surface area (Å²) in [5.41, 5.74) is 1.31. The van der Waals surface area contributed by atoms with Crippen molar-refractivity contribution in [3.8, 4) is 17.2 Å². The standard InChI is InChI=1S/C20H21NO6/c1-13-10-19-15(11-18(13)26-14(2)22)8-9-20(3,27-19)12-25-17-6-4-16(5-7-17)21(23)24/h4-7,10-11H,8-9,12H2,1-3H3. The third kappa shape index (κ3) is 4.36. The van der Waals surface area contributed by atoms with Crippen molar-refractivity contribution in [2.24, 2.45) is 0 Å². The highest BCUT2D eigenvalue weighted by molar-refractivity contribution is 5.70.